The zero-order chi connectivity index (χ0) is 19.0. The molecule has 0 saturated carbocycles. The summed E-state index contributed by atoms with van der Waals surface area (Å²) in [5.74, 6) is -1.19. The lowest BCUT2D eigenvalue weighted by atomic mass is 10.1. The molecule has 1 fully saturated rings. The third-order valence-electron chi connectivity index (χ3n) is 3.89. The molecule has 26 heavy (non-hydrogen) atoms. The van der Waals surface area contributed by atoms with Gasteiger partial charge in [-0.05, 0) is 6.92 Å². The van der Waals surface area contributed by atoms with Gasteiger partial charge in [-0.25, -0.2) is 15.0 Å². The topological polar surface area (TPSA) is 126 Å². The molecule has 2 aromatic heterocycles. The normalized spacial score (nSPS) is 26.7. The highest BCUT2D eigenvalue weighted by Crippen LogP contribution is 2.37. The van der Waals surface area contributed by atoms with Crippen LogP contribution in [0.15, 0.2) is 12.7 Å². The van der Waals surface area contributed by atoms with E-state index in [1.165, 1.54) is 38.0 Å². The maximum atomic E-state index is 11.6. The molecule has 1 unspecified atom stereocenters. The minimum absolute atomic E-state index is 0.152. The van der Waals surface area contributed by atoms with Crippen LogP contribution < -0.4 is 0 Å². The molecule has 3 rings (SSSR count). The van der Waals surface area contributed by atoms with E-state index in [1.54, 1.807) is 0 Å². The number of nitrogens with zero attached hydrogens (tertiary/aromatic N) is 4. The van der Waals surface area contributed by atoms with E-state index >= 15 is 0 Å². The number of carbonyl (C=O) groups excluding carboxylic acids is 2. The molecule has 1 saturated heterocycles. The Kier molecular flexibility index (Phi) is 5.08. The van der Waals surface area contributed by atoms with Gasteiger partial charge in [0.25, 0.3) is 0 Å². The smallest absolute Gasteiger partial charge is 0.303 e. The summed E-state index contributed by atoms with van der Waals surface area (Å²) in [7, 11) is 0. The number of rotatable bonds is 4. The van der Waals surface area contributed by atoms with Gasteiger partial charge in [0.15, 0.2) is 29.2 Å². The van der Waals surface area contributed by atoms with E-state index in [4.69, 9.17) is 25.8 Å². The summed E-state index contributed by atoms with van der Waals surface area (Å²) >= 11 is 6.01. The molecule has 0 aliphatic carbocycles. The van der Waals surface area contributed by atoms with Gasteiger partial charge in [-0.15, -0.1) is 0 Å². The zero-order valence-corrected chi connectivity index (χ0v) is 15.0. The summed E-state index contributed by atoms with van der Waals surface area (Å²) in [4.78, 5) is 35.2. The number of carbonyl (C=O) groups is 2. The Morgan fingerprint density at radius 2 is 1.88 bits per heavy atom. The van der Waals surface area contributed by atoms with Crippen LogP contribution in [-0.4, -0.2) is 61.0 Å². The van der Waals surface area contributed by atoms with Crippen molar-refractivity contribution in [1.82, 2.24) is 19.5 Å². The number of aromatic nitrogens is 4. The van der Waals surface area contributed by atoms with Crippen LogP contribution in [0.2, 0.25) is 5.15 Å². The number of aliphatic hydroxyl groups excluding tert-OH is 1. The SMILES string of the molecule is CC(=O)O[C@@H]1[C@H](OC(C)=O)[C@@H](C(C)O)O[C@H]1n1cnc2c(Cl)ncnc21. The highest BCUT2D eigenvalue weighted by Gasteiger charge is 2.52. The van der Waals surface area contributed by atoms with Crippen LogP contribution in [0.1, 0.15) is 27.0 Å². The fraction of sp³-hybridized carbons (Fsp3) is 0.533. The van der Waals surface area contributed by atoms with Crippen LogP contribution in [0.4, 0.5) is 0 Å². The van der Waals surface area contributed by atoms with Crippen molar-refractivity contribution in [2.75, 3.05) is 0 Å². The molecule has 3 heterocycles. The van der Waals surface area contributed by atoms with Gasteiger partial charge < -0.3 is 19.3 Å². The second kappa shape index (κ2) is 7.14. The standard InChI is InChI=1S/C15H17ClN4O6/c1-6(21)10-11(24-7(2)22)12(25-8(3)23)15(26-10)20-5-19-9-13(16)17-4-18-14(9)20/h4-6,10-12,15,21H,1-3H3/t6?,10-,11-,12-,15-/m1/s1. The average Bonchev–Trinajstić information content (AvgIpc) is 3.10. The van der Waals surface area contributed by atoms with E-state index in [2.05, 4.69) is 15.0 Å². The number of halogens is 1. The largest absolute Gasteiger partial charge is 0.455 e. The third kappa shape index (κ3) is 3.35. The molecule has 1 aliphatic rings. The second-order valence-corrected chi connectivity index (χ2v) is 6.23. The van der Waals surface area contributed by atoms with Crippen molar-refractivity contribution in [2.24, 2.45) is 0 Å². The van der Waals surface area contributed by atoms with E-state index in [0.29, 0.717) is 11.2 Å². The van der Waals surface area contributed by atoms with Crippen LogP contribution in [0.25, 0.3) is 11.2 Å². The maximum absolute atomic E-state index is 11.6. The molecule has 0 bridgehead atoms. The summed E-state index contributed by atoms with van der Waals surface area (Å²) in [6.07, 6.45) is -2.19. The predicted molar refractivity (Wildman–Crippen MR) is 87.0 cm³/mol. The number of imidazole rings is 1. The van der Waals surface area contributed by atoms with Crippen molar-refractivity contribution in [2.45, 2.75) is 51.4 Å². The van der Waals surface area contributed by atoms with E-state index < -0.39 is 42.6 Å². The van der Waals surface area contributed by atoms with Crippen LogP contribution in [-0.2, 0) is 23.8 Å². The number of hydrogen-bond donors (Lipinski definition) is 1. The van der Waals surface area contributed by atoms with Gasteiger partial charge in [0.2, 0.25) is 0 Å². The zero-order valence-electron chi connectivity index (χ0n) is 14.2. The van der Waals surface area contributed by atoms with Gasteiger partial charge in [-0.2, -0.15) is 0 Å². The van der Waals surface area contributed by atoms with Crippen LogP contribution in [0.3, 0.4) is 0 Å². The van der Waals surface area contributed by atoms with E-state index in [0.717, 1.165) is 0 Å². The lowest BCUT2D eigenvalue weighted by Crippen LogP contribution is -2.42. The summed E-state index contributed by atoms with van der Waals surface area (Å²) < 4.78 is 18.0. The number of hydrogen-bond acceptors (Lipinski definition) is 9. The molecular weight excluding hydrogens is 368 g/mol. The Hall–Kier alpha value is -2.30. The lowest BCUT2D eigenvalue weighted by molar-refractivity contribution is -0.166. The van der Waals surface area contributed by atoms with Crippen LogP contribution in [0, 0.1) is 0 Å². The quantitative estimate of drug-likeness (QED) is 0.596. The first-order chi connectivity index (χ1) is 12.3. The molecule has 2 aromatic rings. The maximum Gasteiger partial charge on any atom is 0.303 e. The molecule has 5 atom stereocenters. The number of esters is 2. The first kappa shape index (κ1) is 18.5. The van der Waals surface area contributed by atoms with Crippen molar-refractivity contribution in [1.29, 1.82) is 0 Å². The van der Waals surface area contributed by atoms with E-state index in [9.17, 15) is 14.7 Å². The fourth-order valence-corrected chi connectivity index (χ4v) is 3.11. The first-order valence-corrected chi connectivity index (χ1v) is 8.18. The summed E-state index contributed by atoms with van der Waals surface area (Å²) in [6.45, 7) is 3.93. The van der Waals surface area contributed by atoms with Gasteiger partial charge in [0.05, 0.1) is 12.4 Å². The molecule has 10 nitrogen and oxygen atoms in total. The molecule has 0 amide bonds. The molecule has 140 valence electrons. The van der Waals surface area contributed by atoms with Gasteiger partial charge >= 0.3 is 11.9 Å². The predicted octanol–water partition coefficient (Wildman–Crippen LogP) is 0.621. The molecule has 11 heteroatoms. The fourth-order valence-electron chi connectivity index (χ4n) is 2.93. The minimum atomic E-state index is -1.01. The van der Waals surface area contributed by atoms with E-state index in [1.807, 2.05) is 0 Å². The van der Waals surface area contributed by atoms with Crippen molar-refractivity contribution in [3.63, 3.8) is 0 Å². The second-order valence-electron chi connectivity index (χ2n) is 5.87. The lowest BCUT2D eigenvalue weighted by Gasteiger charge is -2.24. The van der Waals surface area contributed by atoms with Gasteiger partial charge in [0, 0.05) is 13.8 Å². The van der Waals surface area contributed by atoms with Gasteiger partial charge in [-0.1, -0.05) is 11.6 Å². The van der Waals surface area contributed by atoms with E-state index in [-0.39, 0.29) is 5.15 Å². The van der Waals surface area contributed by atoms with Crippen LogP contribution >= 0.6 is 11.6 Å². The van der Waals surface area contributed by atoms with Crippen molar-refractivity contribution in [3.8, 4) is 0 Å². The van der Waals surface area contributed by atoms with Crippen LogP contribution in [0.5, 0.6) is 0 Å². The Morgan fingerprint density at radius 1 is 1.23 bits per heavy atom. The van der Waals surface area contributed by atoms with Gasteiger partial charge in [0.1, 0.15) is 17.9 Å². The monoisotopic (exact) mass is 384 g/mol. The van der Waals surface area contributed by atoms with Crippen molar-refractivity contribution >= 4 is 34.7 Å². The summed E-state index contributed by atoms with van der Waals surface area (Å²) in [5.41, 5.74) is 0.684. The highest BCUT2D eigenvalue weighted by molar-refractivity contribution is 6.33. The Bertz CT molecular complexity index is 841. The third-order valence-corrected chi connectivity index (χ3v) is 4.17. The average molecular weight is 385 g/mol. The molecular formula is C15H17ClN4O6. The Morgan fingerprint density at radius 3 is 2.50 bits per heavy atom. The van der Waals surface area contributed by atoms with Gasteiger partial charge in [-0.3, -0.25) is 14.2 Å². The summed E-state index contributed by atoms with van der Waals surface area (Å²) in [5, 5.41) is 10.2. The molecule has 0 radical (unpaired) electrons. The molecule has 0 aromatic carbocycles. The minimum Gasteiger partial charge on any atom is -0.455 e. The molecule has 1 N–H and O–H groups in total. The molecule has 1 aliphatic heterocycles. The Labute approximate surface area is 153 Å². The van der Waals surface area contributed by atoms with Crippen molar-refractivity contribution in [3.05, 3.63) is 17.8 Å². The first-order valence-electron chi connectivity index (χ1n) is 7.80. The molecule has 0 spiro atoms. The number of fused-ring (bicyclic) bond motifs is 1. The highest BCUT2D eigenvalue weighted by atomic mass is 35.5. The number of aliphatic hydroxyl groups is 1. The van der Waals surface area contributed by atoms with Crippen molar-refractivity contribution < 1.29 is 28.9 Å². The Balaban J connectivity index is 2.06. The number of ether oxygens (including phenoxy) is 3. The summed E-state index contributed by atoms with van der Waals surface area (Å²) in [6, 6.07) is 0.